The summed E-state index contributed by atoms with van der Waals surface area (Å²) in [4.78, 5) is 10.8. The number of aromatic carboxylic acids is 1. The first kappa shape index (κ1) is 10.1. The van der Waals surface area contributed by atoms with Crippen LogP contribution in [0.4, 0.5) is 4.39 Å². The first-order valence-corrected chi connectivity index (χ1v) is 5.11. The molecule has 1 unspecified atom stereocenters. The third kappa shape index (κ3) is 2.17. The van der Waals surface area contributed by atoms with Crippen molar-refractivity contribution in [2.24, 2.45) is 5.92 Å². The zero-order valence-corrected chi connectivity index (χ0v) is 8.32. The summed E-state index contributed by atoms with van der Waals surface area (Å²) in [6.07, 6.45) is 2.12. The Kier molecular flexibility index (Phi) is 2.71. The summed E-state index contributed by atoms with van der Waals surface area (Å²) in [5.41, 5.74) is 1.06. The number of carbonyl (C=O) groups is 1. The van der Waals surface area contributed by atoms with Crippen molar-refractivity contribution in [1.82, 2.24) is 0 Å². The van der Waals surface area contributed by atoms with E-state index in [1.54, 1.807) is 12.1 Å². The van der Waals surface area contributed by atoms with Gasteiger partial charge in [-0.1, -0.05) is 12.1 Å². The molecule has 3 heteroatoms. The number of carboxylic acid groups (broad SMARTS) is 1. The molecule has 0 bridgehead atoms. The minimum absolute atomic E-state index is 0.107. The van der Waals surface area contributed by atoms with Gasteiger partial charge in [0.1, 0.15) is 0 Å². The summed E-state index contributed by atoms with van der Waals surface area (Å²) in [5.74, 6) is -0.645. The summed E-state index contributed by atoms with van der Waals surface area (Å²) >= 11 is 0. The van der Waals surface area contributed by atoms with E-state index in [2.05, 4.69) is 0 Å². The Morgan fingerprint density at radius 3 is 2.80 bits per heavy atom. The lowest BCUT2D eigenvalue weighted by molar-refractivity contribution is 0.0696. The maximum Gasteiger partial charge on any atom is 0.335 e. The van der Waals surface area contributed by atoms with E-state index in [0.29, 0.717) is 5.92 Å². The molecule has 1 aliphatic carbocycles. The molecule has 0 aromatic heterocycles. The quantitative estimate of drug-likeness (QED) is 0.826. The number of carboxylic acids is 1. The smallest absolute Gasteiger partial charge is 0.335 e. The molecule has 1 fully saturated rings. The maximum atomic E-state index is 12.8. The number of hydrogen-bond donors (Lipinski definition) is 1. The van der Waals surface area contributed by atoms with Crippen LogP contribution >= 0.6 is 0 Å². The summed E-state index contributed by atoms with van der Waals surface area (Å²) in [6, 6.07) is 6.62. The third-order valence-electron chi connectivity index (χ3n) is 2.92. The van der Waals surface area contributed by atoms with Crippen molar-refractivity contribution >= 4 is 5.97 Å². The predicted molar refractivity (Wildman–Crippen MR) is 54.8 cm³/mol. The second-order valence-electron chi connectivity index (χ2n) is 4.03. The molecule has 1 aliphatic rings. The van der Waals surface area contributed by atoms with Crippen LogP contribution in [0.15, 0.2) is 24.3 Å². The Morgan fingerprint density at radius 2 is 2.27 bits per heavy atom. The van der Waals surface area contributed by atoms with Crippen LogP contribution in [0.5, 0.6) is 0 Å². The first-order chi connectivity index (χ1) is 7.22. The molecule has 1 atom stereocenters. The zero-order chi connectivity index (χ0) is 10.8. The van der Waals surface area contributed by atoms with Crippen LogP contribution in [-0.4, -0.2) is 17.8 Å². The van der Waals surface area contributed by atoms with Gasteiger partial charge in [0.05, 0.1) is 12.2 Å². The highest BCUT2D eigenvalue weighted by Gasteiger charge is 2.32. The fourth-order valence-electron chi connectivity index (χ4n) is 1.89. The van der Waals surface area contributed by atoms with Gasteiger partial charge in [-0.25, -0.2) is 4.79 Å². The van der Waals surface area contributed by atoms with E-state index in [1.165, 1.54) is 6.07 Å². The summed E-state index contributed by atoms with van der Waals surface area (Å²) in [7, 11) is 0. The summed E-state index contributed by atoms with van der Waals surface area (Å²) in [6.45, 7) is -0.395. The maximum absolute atomic E-state index is 12.8. The van der Waals surface area contributed by atoms with Crippen molar-refractivity contribution in [2.75, 3.05) is 6.67 Å². The van der Waals surface area contributed by atoms with Crippen molar-refractivity contribution in [1.29, 1.82) is 0 Å². The van der Waals surface area contributed by atoms with E-state index < -0.39 is 12.6 Å². The van der Waals surface area contributed by atoms with Crippen LogP contribution in [0.25, 0.3) is 0 Å². The fraction of sp³-hybridized carbons (Fsp3) is 0.417. The number of hydrogen-bond acceptors (Lipinski definition) is 1. The molecule has 1 aromatic rings. The Hall–Kier alpha value is -1.38. The van der Waals surface area contributed by atoms with E-state index in [4.69, 9.17) is 5.11 Å². The van der Waals surface area contributed by atoms with Gasteiger partial charge >= 0.3 is 5.97 Å². The molecule has 0 radical (unpaired) electrons. The van der Waals surface area contributed by atoms with Crippen LogP contribution in [0.1, 0.15) is 34.7 Å². The Balaban J connectivity index is 2.26. The first-order valence-electron chi connectivity index (χ1n) is 5.11. The highest BCUT2D eigenvalue weighted by Crippen LogP contribution is 2.42. The van der Waals surface area contributed by atoms with Crippen LogP contribution < -0.4 is 0 Å². The number of rotatable bonds is 4. The van der Waals surface area contributed by atoms with Gasteiger partial charge in [-0.2, -0.15) is 0 Å². The second-order valence-corrected chi connectivity index (χ2v) is 4.03. The van der Waals surface area contributed by atoms with Gasteiger partial charge in [-0.15, -0.1) is 0 Å². The van der Waals surface area contributed by atoms with Crippen LogP contribution in [0.3, 0.4) is 0 Å². The van der Waals surface area contributed by atoms with E-state index in [9.17, 15) is 9.18 Å². The number of benzene rings is 1. The van der Waals surface area contributed by atoms with Crippen molar-refractivity contribution in [3.63, 3.8) is 0 Å². The molecule has 1 N–H and O–H groups in total. The Morgan fingerprint density at radius 1 is 1.53 bits per heavy atom. The molecule has 1 aromatic carbocycles. The standard InChI is InChI=1S/C12H13FO2/c13-7-11(8-4-5-8)9-2-1-3-10(6-9)12(14)15/h1-3,6,8,11H,4-5,7H2,(H,14,15). The van der Waals surface area contributed by atoms with E-state index in [1.807, 2.05) is 6.07 Å². The molecule has 1 saturated carbocycles. The molecule has 15 heavy (non-hydrogen) atoms. The molecular weight excluding hydrogens is 195 g/mol. The minimum atomic E-state index is -0.953. The predicted octanol–water partition coefficient (Wildman–Crippen LogP) is 2.85. The van der Waals surface area contributed by atoms with Crippen LogP contribution in [0, 0.1) is 5.92 Å². The number of alkyl halides is 1. The Labute approximate surface area is 87.7 Å². The SMILES string of the molecule is O=C(O)c1cccc(C(CF)C2CC2)c1. The topological polar surface area (TPSA) is 37.3 Å². The Bertz CT molecular complexity index is 372. The van der Waals surface area contributed by atoms with Crippen molar-refractivity contribution in [3.8, 4) is 0 Å². The van der Waals surface area contributed by atoms with E-state index in [-0.39, 0.29) is 11.5 Å². The summed E-state index contributed by atoms with van der Waals surface area (Å²) < 4.78 is 12.8. The largest absolute Gasteiger partial charge is 0.478 e. The lowest BCUT2D eigenvalue weighted by atomic mass is 9.94. The van der Waals surface area contributed by atoms with Gasteiger partial charge < -0.3 is 5.11 Å². The lowest BCUT2D eigenvalue weighted by Gasteiger charge is -2.12. The molecule has 80 valence electrons. The highest BCUT2D eigenvalue weighted by molar-refractivity contribution is 5.87. The van der Waals surface area contributed by atoms with E-state index in [0.717, 1.165) is 18.4 Å². The summed E-state index contributed by atoms with van der Waals surface area (Å²) in [5, 5.41) is 8.82. The fourth-order valence-corrected chi connectivity index (χ4v) is 1.89. The van der Waals surface area contributed by atoms with E-state index >= 15 is 0 Å². The lowest BCUT2D eigenvalue weighted by Crippen LogP contribution is -2.05. The van der Waals surface area contributed by atoms with Crippen LogP contribution in [-0.2, 0) is 0 Å². The molecule has 2 rings (SSSR count). The highest BCUT2D eigenvalue weighted by atomic mass is 19.1. The third-order valence-corrected chi connectivity index (χ3v) is 2.92. The average Bonchev–Trinajstić information content (AvgIpc) is 3.04. The molecular formula is C12H13FO2. The van der Waals surface area contributed by atoms with Crippen molar-refractivity contribution in [2.45, 2.75) is 18.8 Å². The van der Waals surface area contributed by atoms with Crippen molar-refractivity contribution in [3.05, 3.63) is 35.4 Å². The van der Waals surface area contributed by atoms with Crippen molar-refractivity contribution < 1.29 is 14.3 Å². The molecule has 0 spiro atoms. The second kappa shape index (κ2) is 4.01. The monoisotopic (exact) mass is 208 g/mol. The average molecular weight is 208 g/mol. The van der Waals surface area contributed by atoms with Crippen LogP contribution in [0.2, 0.25) is 0 Å². The van der Waals surface area contributed by atoms with Gasteiger partial charge in [-0.05, 0) is 36.5 Å². The van der Waals surface area contributed by atoms with Gasteiger partial charge in [0, 0.05) is 5.92 Å². The normalized spacial score (nSPS) is 17.4. The molecule has 0 amide bonds. The zero-order valence-electron chi connectivity index (χ0n) is 8.32. The molecule has 0 saturated heterocycles. The molecule has 0 heterocycles. The van der Waals surface area contributed by atoms with Gasteiger partial charge in [0.2, 0.25) is 0 Å². The van der Waals surface area contributed by atoms with Gasteiger partial charge in [0.25, 0.3) is 0 Å². The van der Waals surface area contributed by atoms with Gasteiger partial charge in [0.15, 0.2) is 0 Å². The minimum Gasteiger partial charge on any atom is -0.478 e. The number of halogens is 1. The molecule has 0 aliphatic heterocycles. The van der Waals surface area contributed by atoms with Gasteiger partial charge in [-0.3, -0.25) is 4.39 Å². The molecule has 2 nitrogen and oxygen atoms in total.